The van der Waals surface area contributed by atoms with Crippen LogP contribution in [0.3, 0.4) is 0 Å². The van der Waals surface area contributed by atoms with Crippen LogP contribution in [0.2, 0.25) is 0 Å². The zero-order chi connectivity index (χ0) is 23.1. The molecule has 0 spiro atoms. The molecule has 1 aliphatic heterocycles. The van der Waals surface area contributed by atoms with E-state index in [1.54, 1.807) is 25.6 Å². The Labute approximate surface area is 195 Å². The summed E-state index contributed by atoms with van der Waals surface area (Å²) in [6, 6.07) is 10.0. The third kappa shape index (κ3) is 3.71. The number of aromatic amines is 1. The van der Waals surface area contributed by atoms with Crippen LogP contribution in [-0.4, -0.2) is 44.7 Å². The van der Waals surface area contributed by atoms with E-state index in [0.29, 0.717) is 35.6 Å². The Balaban J connectivity index is 1.54. The molecule has 0 saturated heterocycles. The molecule has 5 heterocycles. The Morgan fingerprint density at radius 3 is 2.88 bits per heavy atom. The zero-order valence-electron chi connectivity index (χ0n) is 18.7. The molecule has 2 N–H and O–H groups in total. The molecule has 170 valence electrons. The zero-order valence-corrected chi connectivity index (χ0v) is 18.7. The molecule has 1 atom stereocenters. The van der Waals surface area contributed by atoms with Gasteiger partial charge < -0.3 is 24.5 Å². The largest absolute Gasteiger partial charge is 0.488 e. The fourth-order valence-corrected chi connectivity index (χ4v) is 4.04. The number of pyridine rings is 2. The maximum atomic E-state index is 6.20. The third-order valence-corrected chi connectivity index (χ3v) is 5.66. The van der Waals surface area contributed by atoms with Crippen LogP contribution in [0.1, 0.15) is 12.5 Å². The van der Waals surface area contributed by atoms with Gasteiger partial charge in [0.15, 0.2) is 0 Å². The summed E-state index contributed by atoms with van der Waals surface area (Å²) in [5.74, 6) is 2.27. The molecule has 5 bridgehead atoms. The van der Waals surface area contributed by atoms with Gasteiger partial charge in [0, 0.05) is 36.0 Å². The van der Waals surface area contributed by atoms with E-state index >= 15 is 0 Å². The first-order valence-electron chi connectivity index (χ1n) is 11.0. The van der Waals surface area contributed by atoms with Crippen molar-refractivity contribution in [3.05, 3.63) is 60.7 Å². The molecule has 0 aliphatic carbocycles. The summed E-state index contributed by atoms with van der Waals surface area (Å²) in [7, 11) is 1.78. The predicted molar refractivity (Wildman–Crippen MR) is 128 cm³/mol. The highest BCUT2D eigenvalue weighted by Gasteiger charge is 2.17. The summed E-state index contributed by atoms with van der Waals surface area (Å²) in [4.78, 5) is 21.3. The average molecular weight is 454 g/mol. The quantitative estimate of drug-likeness (QED) is 0.385. The first-order valence-corrected chi connectivity index (χ1v) is 11.0. The van der Waals surface area contributed by atoms with Gasteiger partial charge in [0.2, 0.25) is 11.8 Å². The molecule has 5 aromatic rings. The molecular weight excluding hydrogens is 432 g/mol. The summed E-state index contributed by atoms with van der Waals surface area (Å²) >= 11 is 0. The number of hydrogen-bond acceptors (Lipinski definition) is 8. The fourth-order valence-electron chi connectivity index (χ4n) is 4.04. The third-order valence-electron chi connectivity index (χ3n) is 5.66. The Kier molecular flexibility index (Phi) is 4.87. The number of hydrogen-bond donors (Lipinski definition) is 2. The molecule has 9 nitrogen and oxygen atoms in total. The SMILES string of the molecule is CNc1nc2c3c(c[nH]c3n1)-c1ccc3ncc(cc3c1)OC(C)COc1cncc(c1)CO2. The molecule has 0 saturated carbocycles. The number of benzene rings is 1. The van der Waals surface area contributed by atoms with Crippen LogP contribution >= 0.6 is 0 Å². The lowest BCUT2D eigenvalue weighted by Gasteiger charge is -2.16. The van der Waals surface area contributed by atoms with E-state index in [9.17, 15) is 0 Å². The molecule has 1 aromatic carbocycles. The number of H-pyrrole nitrogens is 1. The number of aromatic nitrogens is 5. The molecule has 0 amide bonds. The summed E-state index contributed by atoms with van der Waals surface area (Å²) in [6.45, 7) is 2.60. The van der Waals surface area contributed by atoms with Crippen molar-refractivity contribution in [3.8, 4) is 28.5 Å². The van der Waals surface area contributed by atoms with Crippen molar-refractivity contribution in [2.75, 3.05) is 19.0 Å². The van der Waals surface area contributed by atoms with E-state index in [2.05, 4.69) is 36.3 Å². The Bertz CT molecular complexity index is 1520. The highest BCUT2D eigenvalue weighted by atomic mass is 16.5. The first kappa shape index (κ1) is 20.2. The summed E-state index contributed by atoms with van der Waals surface area (Å²) in [5.41, 5.74) is 4.36. The number of ether oxygens (including phenoxy) is 3. The van der Waals surface area contributed by atoms with Gasteiger partial charge >= 0.3 is 0 Å². The molecular formula is C25H22N6O3. The van der Waals surface area contributed by atoms with E-state index in [0.717, 1.165) is 33.0 Å². The molecule has 34 heavy (non-hydrogen) atoms. The van der Waals surface area contributed by atoms with Crippen LogP contribution in [0.5, 0.6) is 17.4 Å². The molecule has 0 fully saturated rings. The number of nitrogens with one attached hydrogen (secondary N) is 2. The van der Waals surface area contributed by atoms with Crippen LogP contribution in [0.25, 0.3) is 33.1 Å². The maximum Gasteiger partial charge on any atom is 0.228 e. The van der Waals surface area contributed by atoms with Crippen molar-refractivity contribution >= 4 is 27.9 Å². The Hall–Kier alpha value is -4.40. The fraction of sp³-hybridized carbons (Fsp3) is 0.200. The van der Waals surface area contributed by atoms with Crippen molar-refractivity contribution < 1.29 is 14.2 Å². The van der Waals surface area contributed by atoms with Gasteiger partial charge in [-0.3, -0.25) is 9.97 Å². The van der Waals surface area contributed by atoms with Gasteiger partial charge in [-0.2, -0.15) is 9.97 Å². The normalized spacial score (nSPS) is 15.5. The number of rotatable bonds is 1. The number of nitrogens with zero attached hydrogens (tertiary/aromatic N) is 4. The van der Waals surface area contributed by atoms with Crippen LogP contribution < -0.4 is 19.5 Å². The molecule has 1 unspecified atom stereocenters. The number of anilines is 1. The lowest BCUT2D eigenvalue weighted by atomic mass is 10.0. The standard InChI is InChI=1S/C25H22N6O3/c1-14-12-32-18-5-15(8-27-9-18)13-33-24-22-20(11-29-23(22)30-25(26-2)31-24)16-3-4-21-17(6-16)7-19(34-14)10-28-21/h3-11,14H,12-13H2,1-2H3,(H2,26,29,30,31). The molecule has 0 radical (unpaired) electrons. The molecule has 9 heteroatoms. The molecule has 4 aromatic heterocycles. The topological polar surface area (TPSA) is 107 Å². The van der Waals surface area contributed by atoms with Crippen molar-refractivity contribution in [1.82, 2.24) is 24.9 Å². The van der Waals surface area contributed by atoms with Crippen molar-refractivity contribution in [2.45, 2.75) is 19.6 Å². The van der Waals surface area contributed by atoms with Crippen LogP contribution in [0.15, 0.2) is 55.1 Å². The average Bonchev–Trinajstić information content (AvgIpc) is 3.29. The van der Waals surface area contributed by atoms with Gasteiger partial charge in [0.25, 0.3) is 0 Å². The van der Waals surface area contributed by atoms with Gasteiger partial charge in [-0.05, 0) is 36.8 Å². The minimum Gasteiger partial charge on any atom is -0.488 e. The summed E-state index contributed by atoms with van der Waals surface area (Å²) < 4.78 is 18.2. The monoisotopic (exact) mass is 454 g/mol. The van der Waals surface area contributed by atoms with E-state index in [-0.39, 0.29) is 12.7 Å². The van der Waals surface area contributed by atoms with Crippen LogP contribution in [0, 0.1) is 0 Å². The van der Waals surface area contributed by atoms with Crippen LogP contribution in [0.4, 0.5) is 5.95 Å². The van der Waals surface area contributed by atoms with E-state index in [4.69, 9.17) is 14.2 Å². The summed E-state index contributed by atoms with van der Waals surface area (Å²) in [5, 5.41) is 4.77. The minimum absolute atomic E-state index is 0.179. The van der Waals surface area contributed by atoms with Gasteiger partial charge in [0.05, 0.1) is 23.3 Å². The van der Waals surface area contributed by atoms with E-state index in [1.165, 1.54) is 0 Å². The molecule has 6 rings (SSSR count). The Morgan fingerprint density at radius 1 is 1.03 bits per heavy atom. The lowest BCUT2D eigenvalue weighted by molar-refractivity contribution is 0.142. The van der Waals surface area contributed by atoms with Crippen LogP contribution in [-0.2, 0) is 6.61 Å². The lowest BCUT2D eigenvalue weighted by Crippen LogP contribution is -2.21. The van der Waals surface area contributed by atoms with Gasteiger partial charge in [0.1, 0.15) is 36.5 Å². The van der Waals surface area contributed by atoms with Gasteiger partial charge in [-0.25, -0.2) is 0 Å². The summed E-state index contributed by atoms with van der Waals surface area (Å²) in [6.07, 6.45) is 6.91. The Morgan fingerprint density at radius 2 is 1.97 bits per heavy atom. The second kappa shape index (κ2) is 8.18. The van der Waals surface area contributed by atoms with Gasteiger partial charge in [-0.15, -0.1) is 0 Å². The van der Waals surface area contributed by atoms with E-state index in [1.807, 2.05) is 37.4 Å². The smallest absolute Gasteiger partial charge is 0.228 e. The van der Waals surface area contributed by atoms with Crippen molar-refractivity contribution in [2.24, 2.45) is 0 Å². The highest BCUT2D eigenvalue weighted by molar-refractivity contribution is 5.99. The van der Waals surface area contributed by atoms with Crippen molar-refractivity contribution in [1.29, 1.82) is 0 Å². The predicted octanol–water partition coefficient (Wildman–Crippen LogP) is 4.35. The van der Waals surface area contributed by atoms with E-state index < -0.39 is 0 Å². The maximum absolute atomic E-state index is 6.20. The van der Waals surface area contributed by atoms with Crippen molar-refractivity contribution in [3.63, 3.8) is 0 Å². The first-order chi connectivity index (χ1) is 16.7. The second-order valence-electron chi connectivity index (χ2n) is 8.16. The minimum atomic E-state index is -0.179. The number of fused-ring (bicyclic) bond motifs is 5. The molecule has 1 aliphatic rings. The second-order valence-corrected chi connectivity index (χ2v) is 8.16. The van der Waals surface area contributed by atoms with Gasteiger partial charge in [-0.1, -0.05) is 6.07 Å². The highest BCUT2D eigenvalue weighted by Crippen LogP contribution is 2.36.